The first-order chi connectivity index (χ1) is 10.6. The molecule has 1 fully saturated rings. The summed E-state index contributed by atoms with van der Waals surface area (Å²) in [5.41, 5.74) is -2.40. The first-order valence-electron chi connectivity index (χ1n) is 7.92. The van der Waals surface area contributed by atoms with Crippen LogP contribution in [0.4, 0.5) is 0 Å². The van der Waals surface area contributed by atoms with E-state index in [-0.39, 0.29) is 0 Å². The zero-order valence-corrected chi connectivity index (χ0v) is 14.5. The number of carboxylic acid groups (broad SMARTS) is 1. The molecular formula is C17H25O5P. The fraction of sp³-hybridized carbons (Fsp3) is 0.588. The van der Waals surface area contributed by atoms with Crippen molar-refractivity contribution >= 4 is 13.6 Å². The Labute approximate surface area is 136 Å². The van der Waals surface area contributed by atoms with E-state index in [1.165, 1.54) is 0 Å². The molecule has 5 nitrogen and oxygen atoms in total. The summed E-state index contributed by atoms with van der Waals surface area (Å²) < 4.78 is 12.3. The largest absolute Gasteiger partial charge is 0.481 e. The molecule has 6 heteroatoms. The van der Waals surface area contributed by atoms with Crippen molar-refractivity contribution in [3.63, 3.8) is 0 Å². The number of benzene rings is 1. The number of aliphatic carboxylic acids is 1. The van der Waals surface area contributed by atoms with Gasteiger partial charge in [-0.15, -0.1) is 0 Å². The topological polar surface area (TPSA) is 94.8 Å². The van der Waals surface area contributed by atoms with Crippen LogP contribution in [-0.4, -0.2) is 26.5 Å². The van der Waals surface area contributed by atoms with Crippen molar-refractivity contribution in [1.29, 1.82) is 0 Å². The van der Waals surface area contributed by atoms with Crippen LogP contribution in [0.25, 0.3) is 0 Å². The van der Waals surface area contributed by atoms with Crippen LogP contribution in [0.15, 0.2) is 30.3 Å². The molecule has 23 heavy (non-hydrogen) atoms. The minimum atomic E-state index is -4.58. The van der Waals surface area contributed by atoms with Crippen LogP contribution >= 0.6 is 7.60 Å². The molecule has 2 rings (SSSR count). The van der Waals surface area contributed by atoms with E-state index < -0.39 is 30.1 Å². The third kappa shape index (κ3) is 3.68. The summed E-state index contributed by atoms with van der Waals surface area (Å²) in [6.07, 6.45) is 2.49. The molecule has 0 radical (unpaired) electrons. The first kappa shape index (κ1) is 18.2. The van der Waals surface area contributed by atoms with Gasteiger partial charge in [0.1, 0.15) is 0 Å². The summed E-state index contributed by atoms with van der Waals surface area (Å²) >= 11 is 0. The van der Waals surface area contributed by atoms with Crippen molar-refractivity contribution < 1.29 is 24.3 Å². The summed E-state index contributed by atoms with van der Waals surface area (Å²) in [6, 6.07) is 9.44. The molecule has 1 atom stereocenters. The molecule has 1 saturated carbocycles. The Kier molecular flexibility index (Phi) is 5.05. The second-order valence-electron chi connectivity index (χ2n) is 7.31. The van der Waals surface area contributed by atoms with Gasteiger partial charge in [0.25, 0.3) is 0 Å². The third-order valence-corrected chi connectivity index (χ3v) is 6.89. The highest BCUT2D eigenvalue weighted by atomic mass is 31.2. The van der Waals surface area contributed by atoms with Gasteiger partial charge in [-0.3, -0.25) is 9.36 Å². The molecule has 0 amide bonds. The Morgan fingerprint density at radius 3 is 2.17 bits per heavy atom. The van der Waals surface area contributed by atoms with E-state index >= 15 is 0 Å². The van der Waals surface area contributed by atoms with Gasteiger partial charge < -0.3 is 14.9 Å². The van der Waals surface area contributed by atoms with Gasteiger partial charge in [-0.1, -0.05) is 57.0 Å². The van der Waals surface area contributed by atoms with Crippen molar-refractivity contribution in [3.8, 4) is 0 Å². The molecule has 0 saturated heterocycles. The molecular weight excluding hydrogens is 315 g/mol. The summed E-state index contributed by atoms with van der Waals surface area (Å²) in [5.74, 6) is -1.08. The van der Waals surface area contributed by atoms with Crippen molar-refractivity contribution in [3.05, 3.63) is 35.9 Å². The van der Waals surface area contributed by atoms with Gasteiger partial charge >= 0.3 is 13.6 Å². The minimum absolute atomic E-state index is 0.330. The van der Waals surface area contributed by atoms with Crippen molar-refractivity contribution in [2.24, 2.45) is 10.8 Å². The summed E-state index contributed by atoms with van der Waals surface area (Å²) in [5, 5.41) is 9.78. The molecule has 0 spiro atoms. The van der Waals surface area contributed by atoms with E-state index in [0.29, 0.717) is 32.1 Å². The second kappa shape index (κ2) is 6.39. The van der Waals surface area contributed by atoms with Gasteiger partial charge in [0, 0.05) is 0 Å². The lowest BCUT2D eigenvalue weighted by Crippen LogP contribution is -2.49. The Morgan fingerprint density at radius 1 is 1.22 bits per heavy atom. The maximum Gasteiger partial charge on any atom is 0.330 e. The lowest BCUT2D eigenvalue weighted by atomic mass is 9.68. The van der Waals surface area contributed by atoms with Crippen LogP contribution in [0.2, 0.25) is 0 Å². The van der Waals surface area contributed by atoms with Crippen LogP contribution in [0, 0.1) is 10.8 Å². The van der Waals surface area contributed by atoms with Crippen LogP contribution < -0.4 is 0 Å². The standard InChI is InChI=1S/C17H25O5P/c1-16(2,12-13-8-4-3-5-9-13)14(23(20,21)22)17(15(18)19)10-6-7-11-17/h3-5,8-9,14H,6-7,10-12H2,1-2H3,(H,18,19)(H2,20,21,22). The lowest BCUT2D eigenvalue weighted by molar-refractivity contribution is -0.150. The second-order valence-corrected chi connectivity index (χ2v) is 9.01. The fourth-order valence-corrected chi connectivity index (χ4v) is 6.37. The number of hydrogen-bond acceptors (Lipinski definition) is 2. The minimum Gasteiger partial charge on any atom is -0.481 e. The van der Waals surface area contributed by atoms with Gasteiger partial charge in [0.2, 0.25) is 0 Å². The van der Waals surface area contributed by atoms with Gasteiger partial charge in [-0.25, -0.2) is 0 Å². The highest BCUT2D eigenvalue weighted by Crippen LogP contribution is 2.62. The Balaban J connectivity index is 2.46. The van der Waals surface area contributed by atoms with Crippen LogP contribution in [-0.2, 0) is 15.8 Å². The van der Waals surface area contributed by atoms with E-state index in [4.69, 9.17) is 0 Å². The molecule has 0 heterocycles. The molecule has 1 unspecified atom stereocenters. The monoisotopic (exact) mass is 340 g/mol. The average Bonchev–Trinajstić information content (AvgIpc) is 2.87. The lowest BCUT2D eigenvalue weighted by Gasteiger charge is -2.44. The van der Waals surface area contributed by atoms with Crippen molar-refractivity contribution in [1.82, 2.24) is 0 Å². The number of rotatable bonds is 6. The summed E-state index contributed by atoms with van der Waals surface area (Å²) in [4.78, 5) is 32.0. The van der Waals surface area contributed by atoms with Crippen molar-refractivity contribution in [2.75, 3.05) is 0 Å². The maximum atomic E-state index is 12.3. The number of carbonyl (C=O) groups is 1. The Morgan fingerprint density at radius 2 is 1.74 bits per heavy atom. The van der Waals surface area contributed by atoms with Gasteiger partial charge in [0.05, 0.1) is 11.1 Å². The van der Waals surface area contributed by atoms with Gasteiger partial charge in [0.15, 0.2) is 0 Å². The molecule has 1 aromatic rings. The van der Waals surface area contributed by atoms with E-state index in [9.17, 15) is 24.3 Å². The highest BCUT2D eigenvalue weighted by Gasteiger charge is 2.60. The first-order valence-corrected chi connectivity index (χ1v) is 9.60. The van der Waals surface area contributed by atoms with Gasteiger partial charge in [-0.2, -0.15) is 0 Å². The summed E-state index contributed by atoms with van der Waals surface area (Å²) in [6.45, 7) is 3.54. The zero-order valence-electron chi connectivity index (χ0n) is 13.6. The molecule has 3 N–H and O–H groups in total. The third-order valence-electron chi connectivity index (χ3n) is 5.02. The fourth-order valence-electron chi connectivity index (χ4n) is 4.35. The van der Waals surface area contributed by atoms with E-state index in [0.717, 1.165) is 5.56 Å². The predicted molar refractivity (Wildman–Crippen MR) is 88.3 cm³/mol. The van der Waals surface area contributed by atoms with E-state index in [2.05, 4.69) is 0 Å². The van der Waals surface area contributed by atoms with Crippen LogP contribution in [0.5, 0.6) is 0 Å². The quantitative estimate of drug-likeness (QED) is 0.690. The average molecular weight is 340 g/mol. The Bertz CT molecular complexity index is 599. The highest BCUT2D eigenvalue weighted by molar-refractivity contribution is 7.52. The van der Waals surface area contributed by atoms with Crippen molar-refractivity contribution in [2.45, 2.75) is 51.6 Å². The molecule has 1 aromatic carbocycles. The summed E-state index contributed by atoms with van der Waals surface area (Å²) in [7, 11) is -4.58. The van der Waals surface area contributed by atoms with Crippen LogP contribution in [0.3, 0.4) is 0 Å². The smallest absolute Gasteiger partial charge is 0.330 e. The van der Waals surface area contributed by atoms with E-state index in [1.807, 2.05) is 30.3 Å². The normalized spacial score (nSPS) is 19.5. The van der Waals surface area contributed by atoms with Gasteiger partial charge in [-0.05, 0) is 30.2 Å². The molecule has 128 valence electrons. The number of carboxylic acids is 1. The predicted octanol–water partition coefficient (Wildman–Crippen LogP) is 3.45. The zero-order chi connectivity index (χ0) is 17.3. The molecule has 0 aromatic heterocycles. The molecule has 0 bridgehead atoms. The maximum absolute atomic E-state index is 12.3. The van der Waals surface area contributed by atoms with Crippen LogP contribution in [0.1, 0.15) is 45.1 Å². The SMILES string of the molecule is CC(C)(Cc1ccccc1)C(C1(C(=O)O)CCCC1)P(=O)(O)O. The van der Waals surface area contributed by atoms with E-state index in [1.54, 1.807) is 13.8 Å². The molecule has 0 aliphatic heterocycles. The Hall–Kier alpha value is -1.16. The molecule has 1 aliphatic carbocycles. The number of hydrogen-bond donors (Lipinski definition) is 3. The molecule has 1 aliphatic rings.